The first-order valence-electron chi connectivity index (χ1n) is 8.79. The molecule has 0 saturated carbocycles. The molecule has 4 rings (SSSR count). The Morgan fingerprint density at radius 2 is 1.81 bits per heavy atom. The fourth-order valence-corrected chi connectivity index (χ4v) is 3.84. The van der Waals surface area contributed by atoms with Crippen LogP contribution >= 0.6 is 11.3 Å². The highest BCUT2D eigenvalue weighted by atomic mass is 32.1. The number of aromatic nitrogens is 2. The van der Waals surface area contributed by atoms with E-state index in [2.05, 4.69) is 16.9 Å². The second-order valence-corrected chi connectivity index (χ2v) is 6.99. The Morgan fingerprint density at radius 1 is 1.04 bits per heavy atom. The predicted octanol–water partition coefficient (Wildman–Crippen LogP) is 5.18. The Labute approximate surface area is 161 Å². The number of benzene rings is 2. The molecule has 0 amide bonds. The quantitative estimate of drug-likeness (QED) is 0.436. The number of aryl methyl sites for hydroxylation is 1. The van der Waals surface area contributed by atoms with Crippen LogP contribution in [0.5, 0.6) is 5.88 Å². The van der Waals surface area contributed by atoms with Crippen LogP contribution in [0.15, 0.2) is 66.3 Å². The van der Waals surface area contributed by atoms with E-state index in [4.69, 9.17) is 4.74 Å². The van der Waals surface area contributed by atoms with Crippen molar-refractivity contribution in [3.63, 3.8) is 0 Å². The third-order valence-electron chi connectivity index (χ3n) is 4.44. The van der Waals surface area contributed by atoms with E-state index in [1.807, 2.05) is 60.0 Å². The van der Waals surface area contributed by atoms with Crippen molar-refractivity contribution >= 4 is 27.3 Å². The summed E-state index contributed by atoms with van der Waals surface area (Å²) in [5.74, 6) is 0.375. The Hall–Kier alpha value is -3.05. The number of ketones is 1. The predicted molar refractivity (Wildman–Crippen MR) is 108 cm³/mol. The van der Waals surface area contributed by atoms with Crippen molar-refractivity contribution < 1.29 is 9.53 Å². The standard InChI is InChI=1S/C22H18N2O2S/c1-2-15-8-10-17(11-9-15)19(25)12-26-21-20-18(16-6-4-3-5-7-16)13-27-22(20)24-14-23-21/h3-11,13-14H,2,12H2,1H3. The van der Waals surface area contributed by atoms with E-state index in [1.165, 1.54) is 11.9 Å². The lowest BCUT2D eigenvalue weighted by molar-refractivity contribution is 0.0919. The number of nitrogens with zero attached hydrogens (tertiary/aromatic N) is 2. The second-order valence-electron chi connectivity index (χ2n) is 6.14. The van der Waals surface area contributed by atoms with E-state index in [9.17, 15) is 4.79 Å². The highest BCUT2D eigenvalue weighted by Crippen LogP contribution is 2.37. The van der Waals surface area contributed by atoms with Gasteiger partial charge < -0.3 is 4.74 Å². The van der Waals surface area contributed by atoms with Gasteiger partial charge in [-0.25, -0.2) is 9.97 Å². The van der Waals surface area contributed by atoms with Gasteiger partial charge in [0.1, 0.15) is 11.2 Å². The number of thiophene rings is 1. The van der Waals surface area contributed by atoms with Gasteiger partial charge in [-0.2, -0.15) is 0 Å². The molecule has 0 aliphatic heterocycles. The lowest BCUT2D eigenvalue weighted by Crippen LogP contribution is -2.12. The minimum absolute atomic E-state index is 0.0539. The summed E-state index contributed by atoms with van der Waals surface area (Å²) in [5, 5.41) is 2.90. The summed E-state index contributed by atoms with van der Waals surface area (Å²) in [6, 6.07) is 17.7. The smallest absolute Gasteiger partial charge is 0.226 e. The fourth-order valence-electron chi connectivity index (χ4n) is 2.93. The van der Waals surface area contributed by atoms with Gasteiger partial charge in [0, 0.05) is 16.5 Å². The largest absolute Gasteiger partial charge is 0.469 e. The van der Waals surface area contributed by atoms with Crippen LogP contribution in [0.1, 0.15) is 22.8 Å². The van der Waals surface area contributed by atoms with Crippen LogP contribution < -0.4 is 4.74 Å². The minimum Gasteiger partial charge on any atom is -0.469 e. The summed E-state index contributed by atoms with van der Waals surface area (Å²) < 4.78 is 5.82. The summed E-state index contributed by atoms with van der Waals surface area (Å²) in [6.45, 7) is 2.03. The van der Waals surface area contributed by atoms with E-state index in [1.54, 1.807) is 11.3 Å². The lowest BCUT2D eigenvalue weighted by Gasteiger charge is -2.08. The molecule has 0 aliphatic carbocycles. The summed E-state index contributed by atoms with van der Waals surface area (Å²) in [4.78, 5) is 21.9. The van der Waals surface area contributed by atoms with Crippen LogP contribution in [0.3, 0.4) is 0 Å². The van der Waals surface area contributed by atoms with Gasteiger partial charge in [-0.15, -0.1) is 11.3 Å². The number of carbonyl (C=O) groups is 1. The summed E-state index contributed by atoms with van der Waals surface area (Å²) in [5.41, 5.74) is 3.94. The van der Waals surface area contributed by atoms with Crippen molar-refractivity contribution in [2.75, 3.05) is 6.61 Å². The molecule has 4 aromatic rings. The highest BCUT2D eigenvalue weighted by Gasteiger charge is 2.15. The first kappa shape index (κ1) is 17.4. The normalized spacial score (nSPS) is 10.9. The molecule has 134 valence electrons. The van der Waals surface area contributed by atoms with Crippen LogP contribution in [-0.2, 0) is 6.42 Å². The van der Waals surface area contributed by atoms with E-state index >= 15 is 0 Å². The molecule has 0 saturated heterocycles. The van der Waals surface area contributed by atoms with Crippen molar-refractivity contribution in [3.05, 3.63) is 77.4 Å². The van der Waals surface area contributed by atoms with Gasteiger partial charge >= 0.3 is 0 Å². The molecule has 0 fully saturated rings. The molecule has 27 heavy (non-hydrogen) atoms. The SMILES string of the molecule is CCc1ccc(C(=O)COc2ncnc3scc(-c4ccccc4)c23)cc1. The zero-order valence-corrected chi connectivity index (χ0v) is 15.7. The second kappa shape index (κ2) is 7.68. The van der Waals surface area contributed by atoms with Crippen molar-refractivity contribution in [1.29, 1.82) is 0 Å². The molecule has 0 N–H and O–H groups in total. The molecule has 2 aromatic heterocycles. The van der Waals surface area contributed by atoms with Gasteiger partial charge in [-0.3, -0.25) is 4.79 Å². The number of rotatable bonds is 6. The Balaban J connectivity index is 1.60. The van der Waals surface area contributed by atoms with Crippen molar-refractivity contribution in [3.8, 4) is 17.0 Å². The molecule has 0 bridgehead atoms. The zero-order valence-electron chi connectivity index (χ0n) is 14.9. The maximum Gasteiger partial charge on any atom is 0.226 e. The number of Topliss-reactive ketones (excluding diaryl/α,β-unsaturated/α-hetero) is 1. The molecular formula is C22H18N2O2S. The first-order valence-corrected chi connectivity index (χ1v) is 9.66. The van der Waals surface area contributed by atoms with Crippen LogP contribution in [0, 0.1) is 0 Å². The Morgan fingerprint density at radius 3 is 2.56 bits per heavy atom. The molecule has 0 atom stereocenters. The van der Waals surface area contributed by atoms with Crippen LogP contribution in [0.4, 0.5) is 0 Å². The zero-order chi connectivity index (χ0) is 18.6. The van der Waals surface area contributed by atoms with Crippen molar-refractivity contribution in [1.82, 2.24) is 9.97 Å². The number of ether oxygens (including phenoxy) is 1. The fraction of sp³-hybridized carbons (Fsp3) is 0.136. The van der Waals surface area contributed by atoms with Crippen LogP contribution in [0.25, 0.3) is 21.3 Å². The van der Waals surface area contributed by atoms with E-state index < -0.39 is 0 Å². The first-order chi connectivity index (χ1) is 13.3. The molecule has 4 nitrogen and oxygen atoms in total. The number of hydrogen-bond acceptors (Lipinski definition) is 5. The van der Waals surface area contributed by atoms with E-state index in [0.29, 0.717) is 11.4 Å². The molecule has 0 unspecified atom stereocenters. The van der Waals surface area contributed by atoms with Crippen LogP contribution in [-0.4, -0.2) is 22.4 Å². The minimum atomic E-state index is -0.0686. The van der Waals surface area contributed by atoms with Crippen LogP contribution in [0.2, 0.25) is 0 Å². The van der Waals surface area contributed by atoms with Crippen molar-refractivity contribution in [2.45, 2.75) is 13.3 Å². The average Bonchev–Trinajstić information content (AvgIpc) is 3.17. The molecule has 2 heterocycles. The topological polar surface area (TPSA) is 52.1 Å². The van der Waals surface area contributed by atoms with Gasteiger partial charge in [0.15, 0.2) is 12.4 Å². The summed E-state index contributed by atoms with van der Waals surface area (Å²) in [6.07, 6.45) is 2.42. The third kappa shape index (κ3) is 3.59. The maximum absolute atomic E-state index is 12.5. The molecule has 2 aromatic carbocycles. The molecule has 5 heteroatoms. The Bertz CT molecular complexity index is 1070. The maximum atomic E-state index is 12.5. The van der Waals surface area contributed by atoms with Crippen molar-refractivity contribution in [2.24, 2.45) is 0 Å². The van der Waals surface area contributed by atoms with Gasteiger partial charge in [0.05, 0.1) is 5.39 Å². The van der Waals surface area contributed by atoms with E-state index in [0.717, 1.165) is 27.8 Å². The Kier molecular flexibility index (Phi) is 4.94. The van der Waals surface area contributed by atoms with Gasteiger partial charge in [0.2, 0.25) is 5.88 Å². The number of fused-ring (bicyclic) bond motifs is 1. The summed E-state index contributed by atoms with van der Waals surface area (Å²) in [7, 11) is 0. The highest BCUT2D eigenvalue weighted by molar-refractivity contribution is 7.17. The average molecular weight is 374 g/mol. The monoisotopic (exact) mass is 374 g/mol. The van der Waals surface area contributed by atoms with Gasteiger partial charge in [0.25, 0.3) is 0 Å². The molecule has 0 spiro atoms. The molecular weight excluding hydrogens is 356 g/mol. The number of carbonyl (C=O) groups excluding carboxylic acids is 1. The lowest BCUT2D eigenvalue weighted by atomic mass is 10.1. The van der Waals surface area contributed by atoms with Gasteiger partial charge in [-0.05, 0) is 17.5 Å². The molecule has 0 radical (unpaired) electrons. The van der Waals surface area contributed by atoms with E-state index in [-0.39, 0.29) is 12.4 Å². The summed E-state index contributed by atoms with van der Waals surface area (Å²) >= 11 is 1.54. The third-order valence-corrected chi connectivity index (χ3v) is 5.33. The number of hydrogen-bond donors (Lipinski definition) is 0. The van der Waals surface area contributed by atoms with Gasteiger partial charge in [-0.1, -0.05) is 61.5 Å². The molecule has 0 aliphatic rings.